The van der Waals surface area contributed by atoms with Crippen LogP contribution in [0, 0.1) is 17.8 Å². The lowest BCUT2D eigenvalue weighted by atomic mass is 9.96. The molecule has 1 aliphatic rings. The minimum atomic E-state index is -1.68. The summed E-state index contributed by atoms with van der Waals surface area (Å²) in [6, 6.07) is 0.421. The fourth-order valence-corrected chi connectivity index (χ4v) is 9.38. The van der Waals surface area contributed by atoms with Crippen molar-refractivity contribution in [2.75, 3.05) is 12.3 Å². The number of carboxylic acid groups (broad SMARTS) is 2. The van der Waals surface area contributed by atoms with E-state index in [1.165, 1.54) is 29.2 Å². The van der Waals surface area contributed by atoms with Crippen molar-refractivity contribution in [3.63, 3.8) is 0 Å². The summed E-state index contributed by atoms with van der Waals surface area (Å²) in [7, 11) is 0. The largest absolute Gasteiger partial charge is 0.508 e. The van der Waals surface area contributed by atoms with Crippen LogP contribution in [0.1, 0.15) is 97.6 Å². The van der Waals surface area contributed by atoms with Gasteiger partial charge < -0.3 is 73.9 Å². The summed E-state index contributed by atoms with van der Waals surface area (Å²) >= 11 is 4.33. The molecule has 0 aliphatic carbocycles. The molecule has 26 heteroatoms. The zero-order chi connectivity index (χ0) is 59.5. The zero-order valence-electron chi connectivity index (χ0n) is 45.8. The zero-order valence-corrected chi connectivity index (χ0v) is 46.7. The highest BCUT2D eigenvalue weighted by Gasteiger charge is 2.41. The van der Waals surface area contributed by atoms with E-state index in [1.807, 2.05) is 18.2 Å². The molecule has 0 spiro atoms. The van der Waals surface area contributed by atoms with Crippen LogP contribution in [-0.2, 0) is 65.6 Å². The highest BCUT2D eigenvalue weighted by molar-refractivity contribution is 7.80. The minimum Gasteiger partial charge on any atom is -0.508 e. The molecule has 25 nitrogen and oxygen atoms in total. The second-order valence-corrected chi connectivity index (χ2v) is 21.1. The van der Waals surface area contributed by atoms with Crippen molar-refractivity contribution in [1.82, 2.24) is 47.1 Å². The monoisotopic (exact) mass is 1140 g/mol. The van der Waals surface area contributed by atoms with Gasteiger partial charge in [-0.05, 0) is 66.3 Å². The summed E-state index contributed by atoms with van der Waals surface area (Å²) in [5.74, 6) is -12.2. The van der Waals surface area contributed by atoms with Gasteiger partial charge in [-0.2, -0.15) is 12.6 Å². The quantitative estimate of drug-likeness (QED) is 0.0374. The van der Waals surface area contributed by atoms with Gasteiger partial charge in [-0.15, -0.1) is 0 Å². The lowest BCUT2D eigenvalue weighted by Crippen LogP contribution is -2.62. The molecule has 0 radical (unpaired) electrons. The molecule has 1 aromatic heterocycles. The summed E-state index contributed by atoms with van der Waals surface area (Å²) < 4.78 is 0. The molecule has 438 valence electrons. The number of likely N-dealkylation sites (tertiary alicyclic amines) is 1. The van der Waals surface area contributed by atoms with Crippen LogP contribution in [0.5, 0.6) is 5.75 Å². The van der Waals surface area contributed by atoms with Crippen molar-refractivity contribution in [1.29, 1.82) is 0 Å². The number of hydrogen-bond acceptors (Lipinski definition) is 14. The topological polar surface area (TPSA) is 404 Å². The number of nitrogens with one attached hydrogen (secondary N) is 8. The van der Waals surface area contributed by atoms with E-state index in [1.54, 1.807) is 53.8 Å². The highest BCUT2D eigenvalue weighted by atomic mass is 32.1. The van der Waals surface area contributed by atoms with E-state index in [-0.39, 0.29) is 49.6 Å². The normalized spacial score (nSPS) is 17.0. The van der Waals surface area contributed by atoms with Crippen LogP contribution < -0.4 is 48.7 Å². The van der Waals surface area contributed by atoms with E-state index >= 15 is 0 Å². The van der Waals surface area contributed by atoms with Gasteiger partial charge in [0.25, 0.3) is 0 Å². The van der Waals surface area contributed by atoms with Gasteiger partial charge in [0.2, 0.25) is 53.2 Å². The van der Waals surface area contributed by atoms with Gasteiger partial charge in [-0.3, -0.25) is 47.9 Å². The number of amides is 9. The van der Waals surface area contributed by atoms with Crippen LogP contribution in [0.3, 0.4) is 0 Å². The molecule has 2 heterocycles. The maximum Gasteiger partial charge on any atom is 0.326 e. The maximum atomic E-state index is 14.3. The average molecular weight is 1140 g/mol. The van der Waals surface area contributed by atoms with Crippen molar-refractivity contribution < 1.29 is 68.1 Å². The Bertz CT molecular complexity index is 2700. The molecule has 0 unspecified atom stereocenters. The molecule has 1 fully saturated rings. The van der Waals surface area contributed by atoms with Gasteiger partial charge in [0, 0.05) is 42.2 Å². The number of nitrogens with two attached hydrogens (primary N) is 2. The Labute approximate surface area is 469 Å². The number of para-hydroxylation sites is 1. The molecular formula is C54H77N11O14S. The number of aromatic nitrogens is 1. The Morgan fingerprint density at radius 3 is 1.76 bits per heavy atom. The van der Waals surface area contributed by atoms with Crippen LogP contribution in [-0.4, -0.2) is 157 Å². The second-order valence-electron chi connectivity index (χ2n) is 20.7. The Morgan fingerprint density at radius 1 is 0.675 bits per heavy atom. The van der Waals surface area contributed by atoms with Gasteiger partial charge in [0.1, 0.15) is 54.1 Å². The molecule has 80 heavy (non-hydrogen) atoms. The van der Waals surface area contributed by atoms with Crippen LogP contribution in [0.4, 0.5) is 0 Å². The molecule has 1 saturated heterocycles. The number of fused-ring (bicyclic) bond motifs is 1. The van der Waals surface area contributed by atoms with Gasteiger partial charge >= 0.3 is 11.9 Å². The Hall–Kier alpha value is -7.74. The van der Waals surface area contributed by atoms with Crippen LogP contribution in [0.15, 0.2) is 54.7 Å². The Balaban J connectivity index is 1.53. The lowest BCUT2D eigenvalue weighted by Gasteiger charge is -2.32. The first-order valence-corrected chi connectivity index (χ1v) is 27.3. The van der Waals surface area contributed by atoms with Gasteiger partial charge in [-0.25, -0.2) is 4.79 Å². The number of rotatable bonds is 31. The number of aromatic amines is 1. The average Bonchev–Trinajstić information content (AvgIpc) is 4.08. The Morgan fingerprint density at radius 2 is 1.21 bits per heavy atom. The van der Waals surface area contributed by atoms with Gasteiger partial charge in [0.15, 0.2) is 0 Å². The predicted molar refractivity (Wildman–Crippen MR) is 296 cm³/mol. The number of hydrogen-bond donors (Lipinski definition) is 14. The fourth-order valence-electron chi connectivity index (χ4n) is 9.13. The number of aliphatic carboxylic acids is 2. The van der Waals surface area contributed by atoms with Gasteiger partial charge in [-0.1, -0.05) is 84.7 Å². The summed E-state index contributed by atoms with van der Waals surface area (Å²) in [5, 5.41) is 47.8. The van der Waals surface area contributed by atoms with Crippen LogP contribution >= 0.6 is 12.6 Å². The molecule has 0 bridgehead atoms. The van der Waals surface area contributed by atoms with E-state index in [0.29, 0.717) is 30.4 Å². The van der Waals surface area contributed by atoms with Crippen molar-refractivity contribution in [3.05, 3.63) is 65.9 Å². The van der Waals surface area contributed by atoms with Crippen LogP contribution in [0.25, 0.3) is 10.9 Å². The minimum absolute atomic E-state index is 0.0200. The molecule has 0 saturated carbocycles. The number of phenolic OH excluding ortho intramolecular Hbond substituents is 1. The SMILES string of the molecule is CC[C@H](C)[C@H](NC(=O)[C@H](CC(N)=O)NC(=O)[C@@H]1CCCN1C(=O)[C@H](CS)NC(=O)[C@@H](NC(=O)[C@H](Cc1ccc(O)cc1)NC(=O)[C@@H](N)CC(=O)O)[C@@H](C)CC)C(=O)N[C@@H](Cc1c[nH]c2ccccc12)C(=O)N[C@@H](CC(C)C)C(=O)O. The smallest absolute Gasteiger partial charge is 0.326 e. The number of nitrogens with zero attached hydrogens (tertiary/aromatic N) is 1. The number of thiol groups is 1. The number of benzene rings is 2. The first kappa shape index (κ1) is 64.8. The molecule has 9 amide bonds. The van der Waals surface area contributed by atoms with Crippen LogP contribution in [0.2, 0.25) is 0 Å². The highest BCUT2D eigenvalue weighted by Crippen LogP contribution is 2.22. The maximum absolute atomic E-state index is 14.3. The van der Waals surface area contributed by atoms with Crippen molar-refractivity contribution >= 4 is 88.6 Å². The van der Waals surface area contributed by atoms with E-state index in [2.05, 4.69) is 54.8 Å². The lowest BCUT2D eigenvalue weighted by molar-refractivity contribution is -0.143. The second kappa shape index (κ2) is 30.6. The van der Waals surface area contributed by atoms with E-state index < -0.39 is 144 Å². The molecule has 4 rings (SSSR count). The number of carbonyl (C=O) groups is 11. The molecule has 1 aliphatic heterocycles. The molecule has 15 N–H and O–H groups in total. The Kier molecular flexibility index (Phi) is 24.8. The predicted octanol–water partition coefficient (Wildman–Crippen LogP) is -0.127. The van der Waals surface area contributed by atoms with Crippen molar-refractivity contribution in [2.45, 2.75) is 154 Å². The summed E-state index contributed by atoms with van der Waals surface area (Å²) in [6.45, 7) is 10.4. The number of aromatic hydroxyl groups is 1. The van der Waals surface area contributed by atoms with E-state index in [4.69, 9.17) is 11.5 Å². The number of H-pyrrole nitrogens is 1. The molecule has 2 aromatic carbocycles. The first-order valence-electron chi connectivity index (χ1n) is 26.6. The van der Waals surface area contributed by atoms with Crippen molar-refractivity contribution in [2.24, 2.45) is 29.2 Å². The third-order valence-electron chi connectivity index (χ3n) is 14.1. The number of phenols is 1. The van der Waals surface area contributed by atoms with Crippen molar-refractivity contribution in [3.8, 4) is 5.75 Å². The molecule has 11 atom stereocenters. The fraction of sp³-hybridized carbons (Fsp3) is 0.537. The standard InChI is InChI=1S/C54H77N11O14S/c1-7-28(5)44(51(75)60-37(47(71)61-39(54(78)79)20-27(3)4)22-31-25-57-35-13-10-9-12-33(31)35)64-49(73)38(24-42(56)67)59-50(74)41-14-11-19-65(41)53(77)40(26-80)62-52(76)45(29(6)8-2)63-48(72)36(21-30-15-17-32(66)18-16-30)58-46(70)34(55)23-43(68)69/h9-10,12-13,15-18,25,27-29,34,36-41,44-45,57,66,80H,7-8,11,14,19-24,26,55H2,1-6H3,(H2,56,67)(H,58,70)(H,59,74)(H,60,75)(H,61,71)(H,62,76)(H,63,72)(H,64,73)(H,68,69)(H,78,79)/t28-,29-,34-,36-,37-,38-,39-,40-,41-,44-,45-/m0/s1. The van der Waals surface area contributed by atoms with E-state index in [0.717, 1.165) is 10.9 Å². The number of primary amides is 1. The van der Waals surface area contributed by atoms with E-state index in [9.17, 15) is 68.1 Å². The number of carbonyl (C=O) groups excluding carboxylic acids is 9. The summed E-state index contributed by atoms with van der Waals surface area (Å²) in [5.41, 5.74) is 13.2. The van der Waals surface area contributed by atoms with Gasteiger partial charge in [0.05, 0.1) is 18.9 Å². The first-order chi connectivity index (χ1) is 37.8. The number of carboxylic acids is 2. The summed E-state index contributed by atoms with van der Waals surface area (Å²) in [4.78, 5) is 152. The third-order valence-corrected chi connectivity index (χ3v) is 14.4. The molecular weight excluding hydrogens is 1060 g/mol. The third kappa shape index (κ3) is 18.7. The molecule has 3 aromatic rings. The summed E-state index contributed by atoms with van der Waals surface area (Å²) in [6.07, 6.45) is 1.08.